The molecule has 0 saturated heterocycles. The number of anilines is 1. The molecule has 126 valence electrons. The lowest BCUT2D eigenvalue weighted by atomic mass is 9.99. The zero-order valence-corrected chi connectivity index (χ0v) is 13.4. The van der Waals surface area contributed by atoms with E-state index in [9.17, 15) is 4.39 Å². The second kappa shape index (κ2) is 6.36. The molecular formula is C15H18FN7O. The van der Waals surface area contributed by atoms with Crippen LogP contribution in [-0.2, 0) is 6.42 Å². The summed E-state index contributed by atoms with van der Waals surface area (Å²) in [6, 6.07) is 2.86. The van der Waals surface area contributed by atoms with E-state index in [-0.39, 0.29) is 17.7 Å². The van der Waals surface area contributed by atoms with Crippen molar-refractivity contribution in [2.45, 2.75) is 19.4 Å². The van der Waals surface area contributed by atoms with Crippen LogP contribution in [0.2, 0.25) is 0 Å². The molecule has 0 aromatic carbocycles. The number of halogens is 1. The quantitative estimate of drug-likeness (QED) is 0.252. The average molecular weight is 331 g/mol. The van der Waals surface area contributed by atoms with Gasteiger partial charge in [0.1, 0.15) is 11.6 Å². The van der Waals surface area contributed by atoms with Crippen LogP contribution < -0.4 is 20.9 Å². The summed E-state index contributed by atoms with van der Waals surface area (Å²) in [7, 11) is 1.49. The van der Waals surface area contributed by atoms with Crippen LogP contribution in [0.3, 0.4) is 0 Å². The Morgan fingerprint density at radius 3 is 2.96 bits per heavy atom. The maximum absolute atomic E-state index is 13.7. The molecule has 2 aromatic heterocycles. The summed E-state index contributed by atoms with van der Waals surface area (Å²) in [5.41, 5.74) is 4.01. The molecule has 9 heteroatoms. The van der Waals surface area contributed by atoms with Gasteiger partial charge in [-0.3, -0.25) is 5.41 Å². The topological polar surface area (TPSA) is 113 Å². The van der Waals surface area contributed by atoms with Gasteiger partial charge in [-0.1, -0.05) is 0 Å². The normalized spacial score (nSPS) is 16.5. The summed E-state index contributed by atoms with van der Waals surface area (Å²) in [5.74, 6) is 5.78. The molecule has 3 rings (SSSR count). The highest BCUT2D eigenvalue weighted by Gasteiger charge is 2.27. The summed E-state index contributed by atoms with van der Waals surface area (Å²) < 4.78 is 18.8. The minimum absolute atomic E-state index is 0.0376. The summed E-state index contributed by atoms with van der Waals surface area (Å²) in [6.07, 6.45) is 2.31. The fourth-order valence-corrected chi connectivity index (χ4v) is 2.79. The van der Waals surface area contributed by atoms with Crippen molar-refractivity contribution < 1.29 is 9.13 Å². The van der Waals surface area contributed by atoms with E-state index in [1.165, 1.54) is 13.2 Å². The number of hydrazine groups is 1. The highest BCUT2D eigenvalue weighted by atomic mass is 19.1. The smallest absolute Gasteiger partial charge is 0.218 e. The Kier molecular flexibility index (Phi) is 4.26. The van der Waals surface area contributed by atoms with Gasteiger partial charge in [-0.05, 0) is 6.92 Å². The molecule has 4 N–H and O–H groups in total. The fraction of sp³-hybridized carbons (Fsp3) is 0.333. The van der Waals surface area contributed by atoms with E-state index < -0.39 is 5.95 Å². The van der Waals surface area contributed by atoms with Gasteiger partial charge in [0.05, 0.1) is 18.8 Å². The number of fused-ring (bicyclic) bond motifs is 1. The van der Waals surface area contributed by atoms with Crippen molar-refractivity contribution in [2.75, 3.05) is 18.6 Å². The molecule has 2 aromatic rings. The highest BCUT2D eigenvalue weighted by molar-refractivity contribution is 5.92. The fourth-order valence-electron chi connectivity index (χ4n) is 2.79. The van der Waals surface area contributed by atoms with Gasteiger partial charge in [0.2, 0.25) is 5.95 Å². The molecule has 0 amide bonds. The molecule has 0 bridgehead atoms. The van der Waals surface area contributed by atoms with Crippen LogP contribution in [0.25, 0.3) is 0 Å². The van der Waals surface area contributed by atoms with Crippen LogP contribution in [0.4, 0.5) is 10.2 Å². The van der Waals surface area contributed by atoms with Crippen LogP contribution in [0.15, 0.2) is 18.3 Å². The minimum atomic E-state index is -0.587. The Hall–Kier alpha value is -2.81. The maximum atomic E-state index is 13.7. The largest absolute Gasteiger partial charge is 0.496 e. The van der Waals surface area contributed by atoms with Gasteiger partial charge >= 0.3 is 0 Å². The molecule has 0 spiro atoms. The number of nitrogens with one attached hydrogen (secondary N) is 2. The molecular weight excluding hydrogens is 313 g/mol. The lowest BCUT2D eigenvalue weighted by Gasteiger charge is -2.35. The second-order valence-electron chi connectivity index (χ2n) is 5.42. The monoisotopic (exact) mass is 331 g/mol. The Balaban J connectivity index is 1.94. The van der Waals surface area contributed by atoms with Crippen LogP contribution in [0.5, 0.6) is 5.75 Å². The van der Waals surface area contributed by atoms with E-state index in [0.717, 1.165) is 11.3 Å². The number of hydrogen-bond acceptors (Lipinski definition) is 7. The van der Waals surface area contributed by atoms with Gasteiger partial charge in [-0.25, -0.2) is 20.8 Å². The van der Waals surface area contributed by atoms with Crippen molar-refractivity contribution in [3.63, 3.8) is 0 Å². The Morgan fingerprint density at radius 1 is 1.46 bits per heavy atom. The molecule has 1 atom stereocenters. The van der Waals surface area contributed by atoms with Crippen molar-refractivity contribution in [2.24, 2.45) is 5.84 Å². The third-order valence-electron chi connectivity index (χ3n) is 4.06. The second-order valence-corrected chi connectivity index (χ2v) is 5.42. The van der Waals surface area contributed by atoms with E-state index in [1.807, 2.05) is 11.8 Å². The first-order valence-corrected chi connectivity index (χ1v) is 7.43. The van der Waals surface area contributed by atoms with Gasteiger partial charge in [0, 0.05) is 36.9 Å². The van der Waals surface area contributed by atoms with E-state index >= 15 is 0 Å². The SMILES string of the molecule is COc1cc(F)nc(N2CCc3nc(C(=N)NN)ncc3C2C)c1. The Labute approximate surface area is 138 Å². The molecule has 8 nitrogen and oxygen atoms in total. The van der Waals surface area contributed by atoms with Gasteiger partial charge in [-0.2, -0.15) is 4.39 Å². The first kappa shape index (κ1) is 16.1. The lowest BCUT2D eigenvalue weighted by molar-refractivity contribution is 0.408. The van der Waals surface area contributed by atoms with E-state index in [1.54, 1.807) is 12.3 Å². The van der Waals surface area contributed by atoms with Gasteiger partial charge in [0.25, 0.3) is 0 Å². The molecule has 0 aliphatic carbocycles. The minimum Gasteiger partial charge on any atom is -0.496 e. The zero-order valence-electron chi connectivity index (χ0n) is 13.4. The van der Waals surface area contributed by atoms with Crippen molar-refractivity contribution in [3.8, 4) is 5.75 Å². The van der Waals surface area contributed by atoms with Gasteiger partial charge in [0.15, 0.2) is 11.7 Å². The molecule has 24 heavy (non-hydrogen) atoms. The number of nitrogens with two attached hydrogens (primary N) is 1. The zero-order chi connectivity index (χ0) is 17.3. The number of pyridine rings is 1. The van der Waals surface area contributed by atoms with Crippen LogP contribution in [-0.4, -0.2) is 34.4 Å². The highest BCUT2D eigenvalue weighted by Crippen LogP contribution is 2.32. The summed E-state index contributed by atoms with van der Waals surface area (Å²) >= 11 is 0. The van der Waals surface area contributed by atoms with Crippen molar-refractivity contribution in [1.82, 2.24) is 20.4 Å². The molecule has 1 aliphatic heterocycles. The Bertz CT molecular complexity index is 782. The third-order valence-corrected chi connectivity index (χ3v) is 4.06. The van der Waals surface area contributed by atoms with Crippen LogP contribution in [0.1, 0.15) is 30.0 Å². The third kappa shape index (κ3) is 2.85. The first-order valence-electron chi connectivity index (χ1n) is 7.43. The lowest BCUT2D eigenvalue weighted by Crippen LogP contribution is -2.37. The number of methoxy groups -OCH3 is 1. The maximum Gasteiger partial charge on any atom is 0.218 e. The number of rotatable bonds is 3. The van der Waals surface area contributed by atoms with Crippen LogP contribution >= 0.6 is 0 Å². The predicted molar refractivity (Wildman–Crippen MR) is 86.4 cm³/mol. The predicted octanol–water partition coefficient (Wildman–Crippen LogP) is 0.932. The molecule has 0 radical (unpaired) electrons. The summed E-state index contributed by atoms with van der Waals surface area (Å²) in [6.45, 7) is 2.60. The van der Waals surface area contributed by atoms with E-state index in [0.29, 0.717) is 24.5 Å². The molecule has 1 aliphatic rings. The summed E-state index contributed by atoms with van der Waals surface area (Å²) in [5, 5.41) is 7.65. The van der Waals surface area contributed by atoms with Crippen molar-refractivity contribution >= 4 is 11.7 Å². The van der Waals surface area contributed by atoms with Crippen molar-refractivity contribution in [3.05, 3.63) is 41.4 Å². The number of ether oxygens (including phenoxy) is 1. The Morgan fingerprint density at radius 2 is 2.25 bits per heavy atom. The van der Waals surface area contributed by atoms with Gasteiger partial charge < -0.3 is 15.1 Å². The molecule has 0 saturated carbocycles. The first-order chi connectivity index (χ1) is 11.5. The average Bonchev–Trinajstić information content (AvgIpc) is 2.60. The van der Waals surface area contributed by atoms with Crippen molar-refractivity contribution in [1.29, 1.82) is 5.41 Å². The molecule has 3 heterocycles. The van der Waals surface area contributed by atoms with E-state index in [2.05, 4.69) is 20.4 Å². The molecule has 0 fully saturated rings. The van der Waals surface area contributed by atoms with E-state index in [4.69, 9.17) is 16.0 Å². The number of nitrogens with zero attached hydrogens (tertiary/aromatic N) is 4. The number of aromatic nitrogens is 3. The summed E-state index contributed by atoms with van der Waals surface area (Å²) in [4.78, 5) is 14.5. The van der Waals surface area contributed by atoms with Crippen LogP contribution in [0, 0.1) is 11.4 Å². The molecule has 1 unspecified atom stereocenters. The number of hydrogen-bond donors (Lipinski definition) is 3. The standard InChI is InChI=1S/C15H18FN7O/c1-8-10-7-19-15(14(17)22-18)20-11(10)3-4-23(8)13-6-9(24-2)5-12(16)21-13/h5-8H,3-4,18H2,1-2H3,(H2,17,22). The van der Waals surface area contributed by atoms with Gasteiger partial charge in [-0.15, -0.1) is 0 Å². The number of amidine groups is 1.